The van der Waals surface area contributed by atoms with Gasteiger partial charge in [0.15, 0.2) is 0 Å². The third-order valence-corrected chi connectivity index (χ3v) is 2.52. The summed E-state index contributed by atoms with van der Waals surface area (Å²) in [7, 11) is 1.86. The van der Waals surface area contributed by atoms with Crippen LogP contribution in [0.2, 0.25) is 0 Å². The first-order valence-corrected chi connectivity index (χ1v) is 6.20. The molecule has 2 nitrogen and oxygen atoms in total. The van der Waals surface area contributed by atoms with Crippen LogP contribution in [-0.2, 0) is 0 Å². The number of nitrogens with one attached hydrogen (secondary N) is 1. The number of hydrogen-bond donors (Lipinski definition) is 1. The third-order valence-electron chi connectivity index (χ3n) is 2.52. The molecule has 0 aliphatic carbocycles. The Bertz CT molecular complexity index is 262. The molecular formula is C14H26N2. The minimum Gasteiger partial charge on any atom is -0.307 e. The molecule has 0 bridgehead atoms. The maximum atomic E-state index is 4.30. The van der Waals surface area contributed by atoms with E-state index in [9.17, 15) is 0 Å². The molecule has 0 radical (unpaired) electrons. The van der Waals surface area contributed by atoms with Gasteiger partial charge in [0.25, 0.3) is 0 Å². The Hall–Kier alpha value is -0.890. The second kappa shape index (κ2) is 9.34. The summed E-state index contributed by atoms with van der Waals surface area (Å²) in [6, 6.07) is 0.327. The van der Waals surface area contributed by atoms with Crippen LogP contribution in [0.1, 0.15) is 40.5 Å². The summed E-state index contributed by atoms with van der Waals surface area (Å²) >= 11 is 0. The zero-order chi connectivity index (χ0) is 12.4. The molecular weight excluding hydrogens is 196 g/mol. The summed E-state index contributed by atoms with van der Waals surface area (Å²) in [5, 5.41) is 3.49. The van der Waals surface area contributed by atoms with Gasteiger partial charge in [-0.15, -0.1) is 0 Å². The molecule has 1 unspecified atom stereocenters. The molecule has 0 amide bonds. The van der Waals surface area contributed by atoms with Crippen molar-refractivity contribution < 1.29 is 0 Å². The fraction of sp³-hybridized carbons (Fsp3) is 0.643. The van der Waals surface area contributed by atoms with Gasteiger partial charge in [-0.05, 0) is 38.8 Å². The lowest BCUT2D eigenvalue weighted by atomic mass is 10.1. The maximum absolute atomic E-state index is 4.30. The van der Waals surface area contributed by atoms with Gasteiger partial charge in [0, 0.05) is 18.8 Å². The monoisotopic (exact) mass is 222 g/mol. The molecule has 0 aliphatic rings. The first-order valence-electron chi connectivity index (χ1n) is 6.20. The molecule has 0 fully saturated rings. The Balaban J connectivity index is 4.62. The fourth-order valence-corrected chi connectivity index (χ4v) is 1.68. The first-order chi connectivity index (χ1) is 7.69. The summed E-state index contributed by atoms with van der Waals surface area (Å²) in [5.41, 5.74) is 2.46. The summed E-state index contributed by atoms with van der Waals surface area (Å²) in [6.45, 7) is 9.56. The van der Waals surface area contributed by atoms with Crippen LogP contribution in [-0.4, -0.2) is 25.3 Å². The van der Waals surface area contributed by atoms with Gasteiger partial charge in [-0.2, -0.15) is 0 Å². The summed E-state index contributed by atoms with van der Waals surface area (Å²) in [5.74, 6) is 0. The van der Waals surface area contributed by atoms with Crippen molar-refractivity contribution >= 4 is 5.71 Å². The van der Waals surface area contributed by atoms with E-state index in [0.717, 1.165) is 19.4 Å². The van der Waals surface area contributed by atoms with Crippen LogP contribution in [0.25, 0.3) is 0 Å². The molecule has 92 valence electrons. The lowest BCUT2D eigenvalue weighted by Gasteiger charge is -2.12. The molecule has 0 aliphatic heterocycles. The molecule has 0 aromatic rings. The van der Waals surface area contributed by atoms with Gasteiger partial charge in [0.1, 0.15) is 0 Å². The lowest BCUT2D eigenvalue weighted by Crippen LogP contribution is -2.26. The summed E-state index contributed by atoms with van der Waals surface area (Å²) < 4.78 is 0. The smallest absolute Gasteiger partial charge is 0.0441 e. The highest BCUT2D eigenvalue weighted by atomic mass is 14.9. The lowest BCUT2D eigenvalue weighted by molar-refractivity contribution is 0.658. The van der Waals surface area contributed by atoms with Crippen molar-refractivity contribution in [1.82, 2.24) is 5.32 Å². The standard InChI is InChI=1S/C14H26N2/c1-6-9-13(16-10-7-2)11-12(4)14(8-3)15-5/h6,9,11,13,16H,7-8,10H2,1-5H3/b9-6-,12-11-,15-14-. The number of hydrogen-bond acceptors (Lipinski definition) is 2. The molecule has 1 N–H and O–H groups in total. The Morgan fingerprint density at radius 3 is 2.50 bits per heavy atom. The van der Waals surface area contributed by atoms with Crippen molar-refractivity contribution in [2.24, 2.45) is 4.99 Å². The molecule has 2 heteroatoms. The van der Waals surface area contributed by atoms with E-state index in [4.69, 9.17) is 0 Å². The molecule has 0 aromatic heterocycles. The Kier molecular flexibility index (Phi) is 8.82. The second-order valence-corrected chi connectivity index (χ2v) is 3.88. The summed E-state index contributed by atoms with van der Waals surface area (Å²) in [6.07, 6.45) is 8.67. The minimum atomic E-state index is 0.327. The SMILES string of the molecule is C/C=C\C(/C=C(C)\C(CC)=N/C)NCCC. The molecule has 0 heterocycles. The number of rotatable bonds is 7. The Labute approximate surface area is 101 Å². The largest absolute Gasteiger partial charge is 0.307 e. The van der Waals surface area contributed by atoms with E-state index >= 15 is 0 Å². The maximum Gasteiger partial charge on any atom is 0.0441 e. The predicted molar refractivity (Wildman–Crippen MR) is 74.3 cm³/mol. The zero-order valence-corrected chi connectivity index (χ0v) is 11.4. The van der Waals surface area contributed by atoms with Crippen molar-refractivity contribution in [1.29, 1.82) is 0 Å². The highest BCUT2D eigenvalue weighted by molar-refractivity contribution is 5.99. The third kappa shape index (κ3) is 5.86. The van der Waals surface area contributed by atoms with E-state index in [0.29, 0.717) is 6.04 Å². The van der Waals surface area contributed by atoms with E-state index < -0.39 is 0 Å². The van der Waals surface area contributed by atoms with Crippen molar-refractivity contribution in [2.45, 2.75) is 46.6 Å². The van der Waals surface area contributed by atoms with Crippen LogP contribution in [0.5, 0.6) is 0 Å². The van der Waals surface area contributed by atoms with E-state index in [2.05, 4.69) is 56.2 Å². The van der Waals surface area contributed by atoms with Crippen LogP contribution < -0.4 is 5.32 Å². The molecule has 0 saturated heterocycles. The van der Waals surface area contributed by atoms with Crippen LogP contribution in [0.4, 0.5) is 0 Å². The van der Waals surface area contributed by atoms with Crippen LogP contribution in [0.15, 0.2) is 28.8 Å². The molecule has 0 aromatic carbocycles. The van der Waals surface area contributed by atoms with Gasteiger partial charge in [-0.3, -0.25) is 4.99 Å². The normalized spacial score (nSPS) is 15.8. The highest BCUT2D eigenvalue weighted by Gasteiger charge is 2.03. The molecule has 0 spiro atoms. The van der Waals surface area contributed by atoms with Crippen molar-refractivity contribution in [3.63, 3.8) is 0 Å². The average molecular weight is 222 g/mol. The van der Waals surface area contributed by atoms with Gasteiger partial charge in [-0.1, -0.05) is 32.1 Å². The van der Waals surface area contributed by atoms with Crippen molar-refractivity contribution in [2.75, 3.05) is 13.6 Å². The average Bonchev–Trinajstić information content (AvgIpc) is 2.28. The van der Waals surface area contributed by atoms with Crippen LogP contribution in [0, 0.1) is 0 Å². The Morgan fingerprint density at radius 1 is 1.38 bits per heavy atom. The number of nitrogens with zero attached hydrogens (tertiary/aromatic N) is 1. The van der Waals surface area contributed by atoms with Gasteiger partial charge >= 0.3 is 0 Å². The minimum absolute atomic E-state index is 0.327. The molecule has 16 heavy (non-hydrogen) atoms. The quantitative estimate of drug-likeness (QED) is 0.518. The van der Waals surface area contributed by atoms with Gasteiger partial charge in [0.2, 0.25) is 0 Å². The topological polar surface area (TPSA) is 24.4 Å². The molecule has 0 saturated carbocycles. The molecule has 0 rings (SSSR count). The molecule has 1 atom stereocenters. The highest BCUT2D eigenvalue weighted by Crippen LogP contribution is 2.04. The van der Waals surface area contributed by atoms with Gasteiger partial charge in [-0.25, -0.2) is 0 Å². The van der Waals surface area contributed by atoms with E-state index in [1.165, 1.54) is 11.3 Å². The fourth-order valence-electron chi connectivity index (χ4n) is 1.68. The summed E-state index contributed by atoms with van der Waals surface area (Å²) in [4.78, 5) is 4.30. The number of aliphatic imine (C=N–C) groups is 1. The van der Waals surface area contributed by atoms with Crippen LogP contribution in [0.3, 0.4) is 0 Å². The van der Waals surface area contributed by atoms with E-state index in [1.807, 2.05) is 7.05 Å². The Morgan fingerprint density at radius 2 is 2.06 bits per heavy atom. The van der Waals surface area contributed by atoms with E-state index in [-0.39, 0.29) is 0 Å². The number of allylic oxidation sites excluding steroid dienone is 2. The predicted octanol–water partition coefficient (Wildman–Crippen LogP) is 3.36. The van der Waals surface area contributed by atoms with Crippen molar-refractivity contribution in [3.05, 3.63) is 23.8 Å². The van der Waals surface area contributed by atoms with Crippen molar-refractivity contribution in [3.8, 4) is 0 Å². The zero-order valence-electron chi connectivity index (χ0n) is 11.4. The van der Waals surface area contributed by atoms with Crippen LogP contribution >= 0.6 is 0 Å². The van der Waals surface area contributed by atoms with E-state index in [1.54, 1.807) is 0 Å². The van der Waals surface area contributed by atoms with Gasteiger partial charge < -0.3 is 5.32 Å². The second-order valence-electron chi connectivity index (χ2n) is 3.88. The van der Waals surface area contributed by atoms with Gasteiger partial charge in [0.05, 0.1) is 0 Å². The first kappa shape index (κ1) is 15.1.